The molecule has 9 heteroatoms. The molecule has 1 spiro atoms. The number of benzene rings is 2. The van der Waals surface area contributed by atoms with Crippen LogP contribution in [0.15, 0.2) is 47.4 Å². The fourth-order valence-corrected chi connectivity index (χ4v) is 5.65. The minimum Gasteiger partial charge on any atom is -0.594 e. The van der Waals surface area contributed by atoms with Crippen molar-refractivity contribution in [2.75, 3.05) is 13.1 Å². The Labute approximate surface area is 235 Å². The third-order valence-electron chi connectivity index (χ3n) is 5.39. The monoisotopic (exact) mass is 591 g/mol. The Balaban J connectivity index is 0.000000971. The first-order valence-electron chi connectivity index (χ1n) is 10.8. The van der Waals surface area contributed by atoms with Gasteiger partial charge >= 0.3 is 0 Å². The molecule has 1 saturated carbocycles. The molecule has 2 fully saturated rings. The summed E-state index contributed by atoms with van der Waals surface area (Å²) in [5.74, 6) is 0. The van der Waals surface area contributed by atoms with E-state index in [0.29, 0.717) is 21.6 Å². The van der Waals surface area contributed by atoms with E-state index in [9.17, 15) is 4.21 Å². The summed E-state index contributed by atoms with van der Waals surface area (Å²) in [6, 6.07) is 12.9. The van der Waals surface area contributed by atoms with E-state index in [1.54, 1.807) is 18.2 Å². The van der Waals surface area contributed by atoms with Gasteiger partial charge in [-0.15, -0.1) is 6.04 Å². The molecule has 2 aliphatic rings. The van der Waals surface area contributed by atoms with E-state index in [-0.39, 0.29) is 44.2 Å². The van der Waals surface area contributed by atoms with Gasteiger partial charge in [-0.05, 0) is 53.8 Å². The molecule has 175 valence electrons. The van der Waals surface area contributed by atoms with E-state index < -0.39 is 11.0 Å². The maximum Gasteiger partial charge on any atom is 0.127 e. The SMILES string of the molecule is CC.CC.O=S(c1ccc(Cl)cc1)N1CC2(CCC2[N-]NCc2ccc(Cl)cc2Cl)C1.[Y]. The molecule has 1 aliphatic carbocycles. The van der Waals surface area contributed by atoms with E-state index in [1.807, 2.05) is 56.3 Å². The first-order valence-corrected chi connectivity index (χ1v) is 13.0. The van der Waals surface area contributed by atoms with Crippen LogP contribution in [0.5, 0.6) is 0 Å². The van der Waals surface area contributed by atoms with Crippen LogP contribution in [0.4, 0.5) is 0 Å². The van der Waals surface area contributed by atoms with E-state index in [0.717, 1.165) is 36.4 Å². The average molecular weight is 593 g/mol. The van der Waals surface area contributed by atoms with Crippen LogP contribution in [0.25, 0.3) is 5.43 Å². The van der Waals surface area contributed by atoms with Crippen LogP contribution in [0.2, 0.25) is 15.1 Å². The molecule has 4 nitrogen and oxygen atoms in total. The first kappa shape index (κ1) is 30.5. The summed E-state index contributed by atoms with van der Waals surface area (Å²) in [6.45, 7) is 10.2. The summed E-state index contributed by atoms with van der Waals surface area (Å²) in [4.78, 5) is 0.789. The van der Waals surface area contributed by atoms with Crippen molar-refractivity contribution in [3.63, 3.8) is 0 Å². The van der Waals surface area contributed by atoms with Crippen LogP contribution in [0.3, 0.4) is 0 Å². The van der Waals surface area contributed by atoms with Gasteiger partial charge < -0.3 is 10.9 Å². The summed E-state index contributed by atoms with van der Waals surface area (Å²) < 4.78 is 14.7. The number of hydrogen-bond acceptors (Lipinski definition) is 2. The van der Waals surface area contributed by atoms with Crippen molar-refractivity contribution in [1.82, 2.24) is 9.73 Å². The van der Waals surface area contributed by atoms with Gasteiger partial charge in [0.05, 0.1) is 4.90 Å². The van der Waals surface area contributed by atoms with E-state index >= 15 is 0 Å². The first-order chi connectivity index (χ1) is 15.0. The molecule has 1 heterocycles. The van der Waals surface area contributed by atoms with Gasteiger partial charge in [-0.2, -0.15) is 0 Å². The summed E-state index contributed by atoms with van der Waals surface area (Å²) in [5, 5.41) is 1.92. The zero-order valence-corrected chi connectivity index (χ0v) is 25.0. The second kappa shape index (κ2) is 14.8. The number of nitrogens with one attached hydrogen (secondary N) is 1. The van der Waals surface area contributed by atoms with Crippen LogP contribution >= 0.6 is 34.8 Å². The van der Waals surface area contributed by atoms with Crippen LogP contribution in [-0.4, -0.2) is 27.6 Å². The summed E-state index contributed by atoms with van der Waals surface area (Å²) in [6.07, 6.45) is 2.18. The normalized spacial score (nSPS) is 19.2. The Morgan fingerprint density at radius 3 is 2.16 bits per heavy atom. The van der Waals surface area contributed by atoms with Crippen molar-refractivity contribution >= 4 is 45.8 Å². The minimum atomic E-state index is -1.14. The molecule has 4 rings (SSSR count). The molecule has 0 aromatic heterocycles. The Morgan fingerprint density at radius 2 is 1.62 bits per heavy atom. The van der Waals surface area contributed by atoms with Crippen molar-refractivity contribution in [2.24, 2.45) is 5.41 Å². The second-order valence-electron chi connectivity index (χ2n) is 7.12. The largest absolute Gasteiger partial charge is 0.594 e. The fourth-order valence-electron chi connectivity index (χ4n) is 3.63. The molecule has 0 amide bonds. The summed E-state index contributed by atoms with van der Waals surface area (Å²) in [5.41, 5.74) is 8.94. The van der Waals surface area contributed by atoms with E-state index in [1.165, 1.54) is 0 Å². The Kier molecular flexibility index (Phi) is 14.1. The molecule has 2 aromatic carbocycles. The van der Waals surface area contributed by atoms with Crippen LogP contribution < -0.4 is 5.43 Å². The number of hydrogen-bond donors (Lipinski definition) is 1. The molecule has 1 saturated heterocycles. The van der Waals surface area contributed by atoms with Gasteiger partial charge in [0, 0.05) is 67.4 Å². The van der Waals surface area contributed by atoms with Gasteiger partial charge in [0.15, 0.2) is 0 Å². The quantitative estimate of drug-likeness (QED) is 0.359. The third kappa shape index (κ3) is 7.47. The number of halogens is 3. The third-order valence-corrected chi connectivity index (χ3v) is 7.63. The van der Waals surface area contributed by atoms with Crippen molar-refractivity contribution in [2.45, 2.75) is 58.0 Å². The fraction of sp³-hybridized carbons (Fsp3) is 0.478. The van der Waals surface area contributed by atoms with Crippen LogP contribution in [0, 0.1) is 5.41 Å². The molecular formula is C23H31Cl3N3OSY-. The smallest absolute Gasteiger partial charge is 0.127 e. The topological polar surface area (TPSA) is 46.4 Å². The van der Waals surface area contributed by atoms with Gasteiger partial charge in [-0.3, -0.25) is 0 Å². The molecule has 2 aromatic rings. The van der Waals surface area contributed by atoms with Crippen molar-refractivity contribution in [3.8, 4) is 0 Å². The predicted molar refractivity (Wildman–Crippen MR) is 134 cm³/mol. The zero-order chi connectivity index (χ0) is 23.0. The molecular weight excluding hydrogens is 562 g/mol. The maximum atomic E-state index is 12.7. The van der Waals surface area contributed by atoms with Gasteiger partial charge in [0.2, 0.25) is 0 Å². The minimum absolute atomic E-state index is 0. The standard InChI is InChI=1S/C19H19Cl3N3OS.2C2H6.Y/c20-14-3-5-16(6-4-14)27(26)25-11-19(12-25)8-7-18(19)24-23-10-13-1-2-15(21)9-17(13)22;2*1-2;/h1-6,9,18,23H,7-8,10-12H2;2*1-2H3;/q-1;;;. The predicted octanol–water partition coefficient (Wildman–Crippen LogP) is 7.26. The molecule has 2 atom stereocenters. The molecule has 32 heavy (non-hydrogen) atoms. The molecule has 2 unspecified atom stereocenters. The van der Waals surface area contributed by atoms with Crippen LogP contribution in [-0.2, 0) is 50.2 Å². The molecule has 1 N–H and O–H groups in total. The van der Waals surface area contributed by atoms with Gasteiger partial charge in [-0.25, -0.2) is 8.51 Å². The van der Waals surface area contributed by atoms with E-state index in [2.05, 4.69) is 10.9 Å². The zero-order valence-electron chi connectivity index (χ0n) is 19.1. The number of rotatable bonds is 6. The Hall–Kier alpha value is 0.444. The van der Waals surface area contributed by atoms with Crippen molar-refractivity contribution < 1.29 is 36.9 Å². The van der Waals surface area contributed by atoms with E-state index in [4.69, 9.17) is 34.8 Å². The molecule has 1 radical (unpaired) electrons. The van der Waals surface area contributed by atoms with Gasteiger partial charge in [0.1, 0.15) is 11.0 Å². The van der Waals surface area contributed by atoms with Crippen LogP contribution in [0.1, 0.15) is 46.1 Å². The number of nitrogens with zero attached hydrogens (tertiary/aromatic N) is 2. The Morgan fingerprint density at radius 1 is 1.03 bits per heavy atom. The average Bonchev–Trinajstić information content (AvgIpc) is 2.74. The van der Waals surface area contributed by atoms with Crippen molar-refractivity contribution in [3.05, 3.63) is 68.5 Å². The Bertz CT molecular complexity index is 864. The molecule has 1 aliphatic heterocycles. The molecule has 0 bridgehead atoms. The summed E-state index contributed by atoms with van der Waals surface area (Å²) in [7, 11) is -1.14. The van der Waals surface area contributed by atoms with Crippen molar-refractivity contribution in [1.29, 1.82) is 0 Å². The van der Waals surface area contributed by atoms with Gasteiger partial charge in [0.25, 0.3) is 0 Å². The van der Waals surface area contributed by atoms with Gasteiger partial charge in [-0.1, -0.05) is 75.0 Å². The maximum absolute atomic E-state index is 12.7. The summed E-state index contributed by atoms with van der Waals surface area (Å²) >= 11 is 18.0. The second-order valence-corrected chi connectivity index (χ2v) is 9.88.